The molecule has 0 atom stereocenters. The van der Waals surface area contributed by atoms with Gasteiger partial charge in [-0.2, -0.15) is 0 Å². The second-order valence-electron chi connectivity index (χ2n) is 7.17. The molecule has 26 heavy (non-hydrogen) atoms. The van der Waals surface area contributed by atoms with Crippen LogP contribution in [0.2, 0.25) is 0 Å². The van der Waals surface area contributed by atoms with Crippen molar-refractivity contribution in [2.24, 2.45) is 0 Å². The Kier molecular flexibility index (Phi) is 5.97. The van der Waals surface area contributed by atoms with Crippen molar-refractivity contribution in [1.82, 2.24) is 9.80 Å². The molecule has 0 N–H and O–H groups in total. The van der Waals surface area contributed by atoms with Gasteiger partial charge in [-0.15, -0.1) is 0 Å². The van der Waals surface area contributed by atoms with Gasteiger partial charge in [0.25, 0.3) is 0 Å². The topological polar surface area (TPSA) is 24.9 Å². The van der Waals surface area contributed by atoms with E-state index in [1.165, 1.54) is 22.3 Å². The Morgan fingerprint density at radius 1 is 0.538 bits per heavy atom. The fourth-order valence-corrected chi connectivity index (χ4v) is 3.64. The standard InChI is InChI=1S/C22H28N2O2/c1-5-21(6-2-19(1)17-23-9-13-25-14-10-23)22-7-3-20(4-8-22)18-24-11-15-26-16-12-24/h1-8H,9-18H2. The third-order valence-corrected chi connectivity index (χ3v) is 5.26. The van der Waals surface area contributed by atoms with Gasteiger partial charge < -0.3 is 9.47 Å². The third kappa shape index (κ3) is 4.71. The average molecular weight is 352 g/mol. The van der Waals surface area contributed by atoms with Gasteiger partial charge >= 0.3 is 0 Å². The lowest BCUT2D eigenvalue weighted by molar-refractivity contribution is 0.0341. The molecule has 2 saturated heterocycles. The number of benzene rings is 2. The second-order valence-corrected chi connectivity index (χ2v) is 7.17. The summed E-state index contributed by atoms with van der Waals surface area (Å²) in [4.78, 5) is 4.91. The zero-order valence-electron chi connectivity index (χ0n) is 15.4. The Labute approximate surface area is 156 Å². The molecule has 0 amide bonds. The fraction of sp³-hybridized carbons (Fsp3) is 0.455. The molecule has 2 aromatic rings. The van der Waals surface area contributed by atoms with E-state index < -0.39 is 0 Å². The van der Waals surface area contributed by atoms with Gasteiger partial charge in [0.1, 0.15) is 0 Å². The molecule has 2 aliphatic heterocycles. The van der Waals surface area contributed by atoms with Crippen LogP contribution in [-0.4, -0.2) is 62.4 Å². The summed E-state index contributed by atoms with van der Waals surface area (Å²) in [5.41, 5.74) is 5.32. The maximum atomic E-state index is 5.42. The lowest BCUT2D eigenvalue weighted by atomic mass is 10.0. The molecule has 0 unspecified atom stereocenters. The highest BCUT2D eigenvalue weighted by molar-refractivity contribution is 5.63. The minimum Gasteiger partial charge on any atom is -0.379 e. The van der Waals surface area contributed by atoms with E-state index in [4.69, 9.17) is 9.47 Å². The Balaban J connectivity index is 1.35. The summed E-state index contributed by atoms with van der Waals surface area (Å²) in [6.07, 6.45) is 0. The van der Waals surface area contributed by atoms with Crippen molar-refractivity contribution in [3.8, 4) is 11.1 Å². The molecule has 0 bridgehead atoms. The highest BCUT2D eigenvalue weighted by Gasteiger charge is 2.12. The number of nitrogens with zero attached hydrogens (tertiary/aromatic N) is 2. The second kappa shape index (κ2) is 8.78. The van der Waals surface area contributed by atoms with Gasteiger partial charge in [-0.3, -0.25) is 9.80 Å². The van der Waals surface area contributed by atoms with Crippen molar-refractivity contribution in [2.45, 2.75) is 13.1 Å². The maximum Gasteiger partial charge on any atom is 0.0594 e. The Morgan fingerprint density at radius 2 is 0.885 bits per heavy atom. The largest absolute Gasteiger partial charge is 0.379 e. The van der Waals surface area contributed by atoms with Crippen molar-refractivity contribution in [3.05, 3.63) is 59.7 Å². The zero-order chi connectivity index (χ0) is 17.6. The Bertz CT molecular complexity index is 611. The van der Waals surface area contributed by atoms with Crippen LogP contribution in [0, 0.1) is 0 Å². The van der Waals surface area contributed by atoms with Gasteiger partial charge in [0.05, 0.1) is 26.4 Å². The Hall–Kier alpha value is -1.72. The lowest BCUT2D eigenvalue weighted by Crippen LogP contribution is -2.35. The van der Waals surface area contributed by atoms with Gasteiger partial charge in [0.15, 0.2) is 0 Å². The van der Waals surface area contributed by atoms with E-state index in [0.717, 1.165) is 65.7 Å². The van der Waals surface area contributed by atoms with E-state index in [0.29, 0.717) is 0 Å². The number of ether oxygens (including phenoxy) is 2. The zero-order valence-corrected chi connectivity index (χ0v) is 15.4. The third-order valence-electron chi connectivity index (χ3n) is 5.26. The van der Waals surface area contributed by atoms with Crippen molar-refractivity contribution in [1.29, 1.82) is 0 Å². The minimum atomic E-state index is 0.856. The smallest absolute Gasteiger partial charge is 0.0594 e. The summed E-state index contributed by atoms with van der Waals surface area (Å²) in [6.45, 7) is 9.59. The number of morpholine rings is 2. The Morgan fingerprint density at radius 3 is 1.23 bits per heavy atom. The fourth-order valence-electron chi connectivity index (χ4n) is 3.64. The highest BCUT2D eigenvalue weighted by Crippen LogP contribution is 2.21. The first-order valence-corrected chi connectivity index (χ1v) is 9.65. The molecule has 0 aliphatic carbocycles. The van der Waals surface area contributed by atoms with Crippen LogP contribution in [-0.2, 0) is 22.6 Å². The maximum absolute atomic E-state index is 5.42. The lowest BCUT2D eigenvalue weighted by Gasteiger charge is -2.26. The molecular weight excluding hydrogens is 324 g/mol. The minimum absolute atomic E-state index is 0.856. The summed E-state index contributed by atoms with van der Waals surface area (Å²) in [7, 11) is 0. The molecular formula is C22H28N2O2. The molecule has 4 rings (SSSR count). The normalized spacial score (nSPS) is 19.5. The van der Waals surface area contributed by atoms with Crippen LogP contribution >= 0.6 is 0 Å². The number of rotatable bonds is 5. The molecule has 4 nitrogen and oxygen atoms in total. The molecule has 2 aliphatic rings. The van der Waals surface area contributed by atoms with Gasteiger partial charge in [-0.1, -0.05) is 48.5 Å². The van der Waals surface area contributed by atoms with Crippen LogP contribution in [0.3, 0.4) is 0 Å². The molecule has 138 valence electrons. The SMILES string of the molecule is c1cc(-c2ccc(CN3CCOCC3)cc2)ccc1CN1CCOCC1. The molecule has 2 heterocycles. The van der Waals surface area contributed by atoms with E-state index in [1.807, 2.05) is 0 Å². The van der Waals surface area contributed by atoms with Crippen LogP contribution in [0.5, 0.6) is 0 Å². The van der Waals surface area contributed by atoms with Crippen LogP contribution in [0.25, 0.3) is 11.1 Å². The van der Waals surface area contributed by atoms with Gasteiger partial charge in [-0.25, -0.2) is 0 Å². The first-order valence-electron chi connectivity index (χ1n) is 9.65. The summed E-state index contributed by atoms with van der Waals surface area (Å²) >= 11 is 0. The van der Waals surface area contributed by atoms with Gasteiger partial charge in [-0.05, 0) is 22.3 Å². The quantitative estimate of drug-likeness (QED) is 0.826. The molecule has 0 spiro atoms. The molecule has 0 radical (unpaired) electrons. The molecule has 0 aromatic heterocycles. The van der Waals surface area contributed by atoms with Crippen LogP contribution in [0.1, 0.15) is 11.1 Å². The summed E-state index contributed by atoms with van der Waals surface area (Å²) in [6, 6.07) is 18.0. The van der Waals surface area contributed by atoms with E-state index in [9.17, 15) is 0 Å². The van der Waals surface area contributed by atoms with E-state index in [1.54, 1.807) is 0 Å². The van der Waals surface area contributed by atoms with Crippen molar-refractivity contribution in [3.63, 3.8) is 0 Å². The average Bonchev–Trinajstić information content (AvgIpc) is 2.71. The van der Waals surface area contributed by atoms with Crippen LogP contribution in [0.15, 0.2) is 48.5 Å². The highest BCUT2D eigenvalue weighted by atomic mass is 16.5. The monoisotopic (exact) mass is 352 g/mol. The predicted molar refractivity (Wildman–Crippen MR) is 104 cm³/mol. The van der Waals surface area contributed by atoms with Gasteiger partial charge in [0, 0.05) is 39.3 Å². The van der Waals surface area contributed by atoms with E-state index >= 15 is 0 Å². The van der Waals surface area contributed by atoms with E-state index in [-0.39, 0.29) is 0 Å². The molecule has 0 saturated carbocycles. The van der Waals surface area contributed by atoms with Crippen LogP contribution < -0.4 is 0 Å². The van der Waals surface area contributed by atoms with Gasteiger partial charge in [0.2, 0.25) is 0 Å². The summed E-state index contributed by atoms with van der Waals surface area (Å²) in [5, 5.41) is 0. The van der Waals surface area contributed by atoms with Crippen molar-refractivity contribution in [2.75, 3.05) is 52.6 Å². The number of hydrogen-bond acceptors (Lipinski definition) is 4. The van der Waals surface area contributed by atoms with Crippen LogP contribution in [0.4, 0.5) is 0 Å². The predicted octanol–water partition coefficient (Wildman–Crippen LogP) is 3.02. The molecule has 2 fully saturated rings. The molecule has 4 heteroatoms. The van der Waals surface area contributed by atoms with Crippen molar-refractivity contribution >= 4 is 0 Å². The summed E-state index contributed by atoms with van der Waals surface area (Å²) in [5.74, 6) is 0. The van der Waals surface area contributed by atoms with E-state index in [2.05, 4.69) is 58.3 Å². The molecule has 2 aromatic carbocycles. The summed E-state index contributed by atoms with van der Waals surface area (Å²) < 4.78 is 10.8. The first-order chi connectivity index (χ1) is 12.9. The van der Waals surface area contributed by atoms with Crippen molar-refractivity contribution < 1.29 is 9.47 Å². The first kappa shape index (κ1) is 17.7. The number of hydrogen-bond donors (Lipinski definition) is 0.